The van der Waals surface area contributed by atoms with E-state index in [1.54, 1.807) is 0 Å². The van der Waals surface area contributed by atoms with E-state index in [1.165, 1.54) is 36.8 Å². The van der Waals surface area contributed by atoms with Crippen LogP contribution in [-0.4, -0.2) is 31.7 Å². The van der Waals surface area contributed by atoms with Gasteiger partial charge in [0.25, 0.3) is 0 Å². The summed E-state index contributed by atoms with van der Waals surface area (Å²) in [6, 6.07) is 23.0. The molecule has 0 heterocycles. The molecule has 0 bridgehead atoms. The zero-order chi connectivity index (χ0) is 15.6. The second-order valence-electron chi connectivity index (χ2n) is 7.66. The molecule has 0 aliphatic heterocycles. The lowest BCUT2D eigenvalue weighted by Crippen LogP contribution is -2.49. The highest BCUT2D eigenvalue weighted by molar-refractivity contribution is 5.39. The first-order valence-electron chi connectivity index (χ1n) is 8.44. The quantitative estimate of drug-likeness (QED) is 0.725. The van der Waals surface area contributed by atoms with Crippen molar-refractivity contribution in [2.24, 2.45) is 0 Å². The van der Waals surface area contributed by atoms with Gasteiger partial charge in [0.15, 0.2) is 0 Å². The van der Waals surface area contributed by atoms with Crippen LogP contribution in [-0.2, 0) is 5.41 Å². The molecule has 3 rings (SSSR count). The number of benzene rings is 2. The zero-order valence-corrected chi connectivity index (χ0v) is 14.1. The van der Waals surface area contributed by atoms with Gasteiger partial charge in [0.2, 0.25) is 0 Å². The summed E-state index contributed by atoms with van der Waals surface area (Å²) in [7, 11) is 7.01. The maximum atomic E-state index is 2.34. The fraction of sp³-hybridized carbons (Fsp3) is 0.429. The van der Waals surface area contributed by atoms with Crippen LogP contribution in [0.1, 0.15) is 36.8 Å². The van der Waals surface area contributed by atoms with Gasteiger partial charge >= 0.3 is 0 Å². The van der Waals surface area contributed by atoms with Crippen LogP contribution in [0, 0.1) is 0 Å². The molecule has 0 unspecified atom stereocenters. The van der Waals surface area contributed by atoms with Gasteiger partial charge in [0, 0.05) is 18.3 Å². The predicted octanol–water partition coefficient (Wildman–Crippen LogP) is 4.62. The molecule has 0 spiro atoms. The highest BCUT2D eigenvalue weighted by Gasteiger charge is 2.41. The van der Waals surface area contributed by atoms with Crippen molar-refractivity contribution in [3.8, 4) is 0 Å². The van der Waals surface area contributed by atoms with Crippen LogP contribution in [0.3, 0.4) is 0 Å². The Hall–Kier alpha value is -1.60. The molecule has 1 fully saturated rings. The molecule has 1 saturated carbocycles. The standard InChI is InChI=1S/C21H28N/c1-22(2,3)20-14-16-21(17-15-20,18-10-6-4-7-11-18)19-12-8-5-9-13-19/h4-13,20H,14-17H2,1-3H3/q+1. The molecule has 0 radical (unpaired) electrons. The van der Waals surface area contributed by atoms with Crippen molar-refractivity contribution < 1.29 is 4.48 Å². The third-order valence-corrected chi connectivity index (χ3v) is 5.56. The number of quaternary nitrogens is 1. The van der Waals surface area contributed by atoms with Crippen LogP contribution in [0.4, 0.5) is 0 Å². The monoisotopic (exact) mass is 294 g/mol. The summed E-state index contributed by atoms with van der Waals surface area (Å²) in [5.41, 5.74) is 3.18. The third-order valence-electron chi connectivity index (χ3n) is 5.56. The van der Waals surface area contributed by atoms with Crippen molar-refractivity contribution in [3.63, 3.8) is 0 Å². The topological polar surface area (TPSA) is 0 Å². The van der Waals surface area contributed by atoms with E-state index in [2.05, 4.69) is 81.8 Å². The maximum absolute atomic E-state index is 2.34. The summed E-state index contributed by atoms with van der Waals surface area (Å²) in [6.45, 7) is 0. The molecule has 2 aromatic rings. The molecule has 0 aromatic heterocycles. The highest BCUT2D eigenvalue weighted by Crippen LogP contribution is 2.46. The van der Waals surface area contributed by atoms with Crippen LogP contribution >= 0.6 is 0 Å². The summed E-state index contributed by atoms with van der Waals surface area (Å²) >= 11 is 0. The molecule has 1 aliphatic rings. The lowest BCUT2D eigenvalue weighted by molar-refractivity contribution is -0.897. The van der Waals surface area contributed by atoms with Crippen LogP contribution in [0.15, 0.2) is 60.7 Å². The molecule has 0 amide bonds. The molecule has 0 N–H and O–H groups in total. The van der Waals surface area contributed by atoms with Gasteiger partial charge in [-0.1, -0.05) is 60.7 Å². The van der Waals surface area contributed by atoms with E-state index in [1.807, 2.05) is 0 Å². The third kappa shape index (κ3) is 2.83. The number of nitrogens with zero attached hydrogens (tertiary/aromatic N) is 1. The molecule has 0 atom stereocenters. The minimum Gasteiger partial charge on any atom is -0.328 e. The number of hydrogen-bond donors (Lipinski definition) is 0. The molecule has 22 heavy (non-hydrogen) atoms. The Labute approximate surface area is 135 Å². The molecule has 0 saturated heterocycles. The zero-order valence-electron chi connectivity index (χ0n) is 14.1. The van der Waals surface area contributed by atoms with Crippen molar-refractivity contribution >= 4 is 0 Å². The minimum atomic E-state index is 0.203. The lowest BCUT2D eigenvalue weighted by atomic mass is 9.64. The number of hydrogen-bond acceptors (Lipinski definition) is 0. The first kappa shape index (κ1) is 15.3. The van der Waals surface area contributed by atoms with Gasteiger partial charge in [0.05, 0.1) is 27.2 Å². The van der Waals surface area contributed by atoms with E-state index < -0.39 is 0 Å². The summed E-state index contributed by atoms with van der Waals surface area (Å²) in [4.78, 5) is 0. The van der Waals surface area contributed by atoms with Crippen molar-refractivity contribution in [2.45, 2.75) is 37.1 Å². The summed E-state index contributed by atoms with van der Waals surface area (Å²) < 4.78 is 1.08. The Morgan fingerprint density at radius 2 is 1.14 bits per heavy atom. The average Bonchev–Trinajstić information content (AvgIpc) is 2.56. The lowest BCUT2D eigenvalue weighted by Gasteiger charge is -2.45. The van der Waals surface area contributed by atoms with Crippen LogP contribution in [0.2, 0.25) is 0 Å². The fourth-order valence-corrected chi connectivity index (χ4v) is 4.13. The van der Waals surface area contributed by atoms with E-state index in [0.29, 0.717) is 0 Å². The Kier molecular flexibility index (Phi) is 4.10. The average molecular weight is 294 g/mol. The molecule has 1 nitrogen and oxygen atoms in total. The molecule has 1 aliphatic carbocycles. The first-order chi connectivity index (χ1) is 10.5. The largest absolute Gasteiger partial charge is 0.328 e. The van der Waals surface area contributed by atoms with E-state index >= 15 is 0 Å². The van der Waals surface area contributed by atoms with Gasteiger partial charge in [-0.2, -0.15) is 0 Å². The second kappa shape index (κ2) is 5.89. The molecule has 1 heteroatoms. The second-order valence-corrected chi connectivity index (χ2v) is 7.66. The minimum absolute atomic E-state index is 0.203. The summed E-state index contributed by atoms with van der Waals surface area (Å²) in [5.74, 6) is 0. The Morgan fingerprint density at radius 1 is 0.727 bits per heavy atom. The van der Waals surface area contributed by atoms with E-state index in [9.17, 15) is 0 Å². The van der Waals surface area contributed by atoms with Gasteiger partial charge in [-0.25, -0.2) is 0 Å². The van der Waals surface area contributed by atoms with Gasteiger partial charge in [-0.3, -0.25) is 0 Å². The molecular weight excluding hydrogens is 266 g/mol. The van der Waals surface area contributed by atoms with Crippen LogP contribution in [0.25, 0.3) is 0 Å². The van der Waals surface area contributed by atoms with Crippen molar-refractivity contribution in [3.05, 3.63) is 71.8 Å². The van der Waals surface area contributed by atoms with Gasteiger partial charge < -0.3 is 4.48 Å². The SMILES string of the molecule is C[N+](C)(C)C1CCC(c2ccccc2)(c2ccccc2)CC1. The van der Waals surface area contributed by atoms with Gasteiger partial charge in [0.1, 0.15) is 0 Å². The fourth-order valence-electron chi connectivity index (χ4n) is 4.13. The number of rotatable bonds is 3. The highest BCUT2D eigenvalue weighted by atomic mass is 15.3. The molecule has 116 valence electrons. The molecule has 2 aromatic carbocycles. The van der Waals surface area contributed by atoms with Crippen molar-refractivity contribution in [2.75, 3.05) is 21.1 Å². The predicted molar refractivity (Wildman–Crippen MR) is 94.0 cm³/mol. The van der Waals surface area contributed by atoms with Crippen molar-refractivity contribution in [1.82, 2.24) is 0 Å². The normalized spacial score (nSPS) is 19.0. The summed E-state index contributed by atoms with van der Waals surface area (Å²) in [6.07, 6.45) is 5.10. The van der Waals surface area contributed by atoms with Crippen LogP contribution in [0.5, 0.6) is 0 Å². The maximum Gasteiger partial charge on any atom is 0.0885 e. The Bertz CT molecular complexity index is 545. The molecular formula is C21H28N+. The first-order valence-corrected chi connectivity index (χ1v) is 8.44. The van der Waals surface area contributed by atoms with Crippen molar-refractivity contribution in [1.29, 1.82) is 0 Å². The van der Waals surface area contributed by atoms with Gasteiger partial charge in [-0.15, -0.1) is 0 Å². The van der Waals surface area contributed by atoms with E-state index in [4.69, 9.17) is 0 Å². The van der Waals surface area contributed by atoms with Crippen LogP contribution < -0.4 is 0 Å². The smallest absolute Gasteiger partial charge is 0.0885 e. The Morgan fingerprint density at radius 3 is 1.50 bits per heavy atom. The van der Waals surface area contributed by atoms with E-state index in [-0.39, 0.29) is 5.41 Å². The Balaban J connectivity index is 1.97. The van der Waals surface area contributed by atoms with Gasteiger partial charge in [-0.05, 0) is 24.0 Å². The summed E-state index contributed by atoms with van der Waals surface area (Å²) in [5, 5.41) is 0. The van der Waals surface area contributed by atoms with E-state index in [0.717, 1.165) is 10.5 Å².